The molecule has 0 saturated carbocycles. The number of allylic oxidation sites excluding steroid dienone is 2. The monoisotopic (exact) mass is 184 g/mol. The molecule has 78 valence electrons. The number of rotatable bonds is 6. The van der Waals surface area contributed by atoms with Gasteiger partial charge in [0.05, 0.1) is 6.10 Å². The molecule has 0 bridgehead atoms. The molecule has 13 heavy (non-hydrogen) atoms. The van der Waals surface area contributed by atoms with Gasteiger partial charge in [-0.1, -0.05) is 25.5 Å². The van der Waals surface area contributed by atoms with E-state index in [2.05, 4.69) is 26.8 Å². The van der Waals surface area contributed by atoms with Gasteiger partial charge in [-0.05, 0) is 45.4 Å². The molecule has 0 aliphatic carbocycles. The third-order valence-electron chi connectivity index (χ3n) is 2.36. The minimum Gasteiger partial charge on any atom is -0.393 e. The molecule has 0 aromatic carbocycles. The van der Waals surface area contributed by atoms with Crippen LogP contribution in [0.15, 0.2) is 11.6 Å². The van der Waals surface area contributed by atoms with E-state index >= 15 is 0 Å². The lowest BCUT2D eigenvalue weighted by Crippen LogP contribution is -2.09. The largest absolute Gasteiger partial charge is 0.393 e. The minimum absolute atomic E-state index is 0.0956. The van der Waals surface area contributed by atoms with Gasteiger partial charge < -0.3 is 5.11 Å². The molecule has 2 atom stereocenters. The first-order valence-electron chi connectivity index (χ1n) is 5.37. The van der Waals surface area contributed by atoms with Gasteiger partial charge in [-0.3, -0.25) is 0 Å². The van der Waals surface area contributed by atoms with Crippen molar-refractivity contribution in [1.82, 2.24) is 0 Å². The molecule has 0 unspecified atom stereocenters. The van der Waals surface area contributed by atoms with E-state index in [4.69, 9.17) is 0 Å². The Morgan fingerprint density at radius 2 is 2.00 bits per heavy atom. The molecule has 0 amide bonds. The molecule has 1 nitrogen and oxygen atoms in total. The summed E-state index contributed by atoms with van der Waals surface area (Å²) >= 11 is 0. The highest BCUT2D eigenvalue weighted by Crippen LogP contribution is 2.15. The van der Waals surface area contributed by atoms with Crippen molar-refractivity contribution in [2.24, 2.45) is 5.92 Å². The van der Waals surface area contributed by atoms with Gasteiger partial charge in [-0.25, -0.2) is 0 Å². The quantitative estimate of drug-likeness (QED) is 0.626. The summed E-state index contributed by atoms with van der Waals surface area (Å²) in [5.74, 6) is 0.644. The van der Waals surface area contributed by atoms with Gasteiger partial charge in [0.1, 0.15) is 0 Å². The van der Waals surface area contributed by atoms with Crippen molar-refractivity contribution >= 4 is 0 Å². The van der Waals surface area contributed by atoms with E-state index in [1.54, 1.807) is 0 Å². The molecule has 0 heterocycles. The fraction of sp³-hybridized carbons (Fsp3) is 0.833. The van der Waals surface area contributed by atoms with Crippen LogP contribution in [0, 0.1) is 5.92 Å². The molecule has 1 heteroatoms. The molecule has 0 saturated heterocycles. The van der Waals surface area contributed by atoms with Crippen LogP contribution in [-0.4, -0.2) is 11.2 Å². The highest BCUT2D eigenvalue weighted by molar-refractivity contribution is 4.92. The van der Waals surface area contributed by atoms with Crippen LogP contribution in [0.3, 0.4) is 0 Å². The van der Waals surface area contributed by atoms with Crippen LogP contribution in [0.1, 0.15) is 53.4 Å². The summed E-state index contributed by atoms with van der Waals surface area (Å²) in [5.41, 5.74) is 1.39. The summed E-state index contributed by atoms with van der Waals surface area (Å²) in [5, 5.41) is 9.42. The average Bonchev–Trinajstić information content (AvgIpc) is 2.03. The summed E-state index contributed by atoms with van der Waals surface area (Å²) in [6.45, 7) is 8.52. The van der Waals surface area contributed by atoms with Gasteiger partial charge in [0.15, 0.2) is 0 Å². The highest BCUT2D eigenvalue weighted by atomic mass is 16.3. The highest BCUT2D eigenvalue weighted by Gasteiger charge is 2.07. The van der Waals surface area contributed by atoms with Gasteiger partial charge in [0.2, 0.25) is 0 Å². The maximum absolute atomic E-state index is 9.42. The van der Waals surface area contributed by atoms with Gasteiger partial charge in [0, 0.05) is 0 Å². The zero-order valence-electron chi connectivity index (χ0n) is 9.51. The molecule has 0 radical (unpaired) electrons. The molecule has 0 fully saturated rings. The second kappa shape index (κ2) is 7.14. The Morgan fingerprint density at radius 1 is 1.38 bits per heavy atom. The average molecular weight is 184 g/mol. The Kier molecular flexibility index (Phi) is 6.97. The second-order valence-corrected chi connectivity index (χ2v) is 4.26. The summed E-state index contributed by atoms with van der Waals surface area (Å²) in [7, 11) is 0. The van der Waals surface area contributed by atoms with Crippen LogP contribution in [0.4, 0.5) is 0 Å². The molecular weight excluding hydrogens is 160 g/mol. The van der Waals surface area contributed by atoms with Crippen molar-refractivity contribution in [3.63, 3.8) is 0 Å². The van der Waals surface area contributed by atoms with E-state index in [9.17, 15) is 5.11 Å². The lowest BCUT2D eigenvalue weighted by atomic mass is 9.97. The molecule has 0 aromatic heterocycles. The zero-order valence-corrected chi connectivity index (χ0v) is 9.51. The van der Waals surface area contributed by atoms with Crippen molar-refractivity contribution in [2.75, 3.05) is 0 Å². The maximum Gasteiger partial charge on any atom is 0.0540 e. The Labute approximate surface area is 82.9 Å². The topological polar surface area (TPSA) is 20.2 Å². The number of aliphatic hydroxyl groups is 1. The van der Waals surface area contributed by atoms with Crippen LogP contribution in [0.5, 0.6) is 0 Å². The van der Waals surface area contributed by atoms with E-state index in [0.29, 0.717) is 5.92 Å². The predicted octanol–water partition coefficient (Wildman–Crippen LogP) is 3.53. The van der Waals surface area contributed by atoms with Crippen molar-refractivity contribution < 1.29 is 5.11 Å². The van der Waals surface area contributed by atoms with E-state index in [0.717, 1.165) is 19.3 Å². The Balaban J connectivity index is 3.51. The predicted molar refractivity (Wildman–Crippen MR) is 58.7 cm³/mol. The van der Waals surface area contributed by atoms with Crippen molar-refractivity contribution in [3.8, 4) is 0 Å². The van der Waals surface area contributed by atoms with E-state index in [1.807, 2.05) is 6.92 Å². The normalized spacial score (nSPS) is 15.2. The molecular formula is C12H24O. The van der Waals surface area contributed by atoms with Gasteiger partial charge >= 0.3 is 0 Å². The van der Waals surface area contributed by atoms with E-state index in [1.165, 1.54) is 12.0 Å². The van der Waals surface area contributed by atoms with Gasteiger partial charge in [-0.15, -0.1) is 0 Å². The number of hydrogen-bond acceptors (Lipinski definition) is 1. The minimum atomic E-state index is -0.0956. The van der Waals surface area contributed by atoms with E-state index < -0.39 is 0 Å². The molecule has 0 rings (SSSR count). The number of hydrogen-bond donors (Lipinski definition) is 1. The lowest BCUT2D eigenvalue weighted by Gasteiger charge is -2.13. The Hall–Kier alpha value is -0.300. The van der Waals surface area contributed by atoms with E-state index in [-0.39, 0.29) is 6.10 Å². The molecule has 0 aliphatic rings. The SMILES string of the molecule is CC[C@H](O)C[C@@H](C)CCC=C(C)C. The third-order valence-corrected chi connectivity index (χ3v) is 2.36. The molecule has 0 spiro atoms. The first kappa shape index (κ1) is 12.7. The van der Waals surface area contributed by atoms with Crippen molar-refractivity contribution in [2.45, 2.75) is 59.5 Å². The fourth-order valence-corrected chi connectivity index (χ4v) is 1.41. The fourth-order valence-electron chi connectivity index (χ4n) is 1.41. The summed E-state index contributed by atoms with van der Waals surface area (Å²) in [6, 6.07) is 0. The number of aliphatic hydroxyl groups excluding tert-OH is 1. The first-order chi connectivity index (χ1) is 6.06. The first-order valence-corrected chi connectivity index (χ1v) is 5.37. The summed E-state index contributed by atoms with van der Waals surface area (Å²) in [6.07, 6.45) is 6.36. The van der Waals surface area contributed by atoms with Gasteiger partial charge in [-0.2, -0.15) is 0 Å². The van der Waals surface area contributed by atoms with Crippen molar-refractivity contribution in [3.05, 3.63) is 11.6 Å². The standard InChI is InChI=1S/C12H24O/c1-5-12(13)9-11(4)8-6-7-10(2)3/h7,11-13H,5-6,8-9H2,1-4H3/t11-,12-/m0/s1. The van der Waals surface area contributed by atoms with Crippen molar-refractivity contribution in [1.29, 1.82) is 0 Å². The maximum atomic E-state index is 9.42. The smallest absolute Gasteiger partial charge is 0.0540 e. The molecule has 0 aromatic rings. The van der Waals surface area contributed by atoms with Gasteiger partial charge in [0.25, 0.3) is 0 Å². The van der Waals surface area contributed by atoms with Crippen LogP contribution in [0.2, 0.25) is 0 Å². The molecule has 0 aliphatic heterocycles. The zero-order chi connectivity index (χ0) is 10.3. The summed E-state index contributed by atoms with van der Waals surface area (Å²) < 4.78 is 0. The van der Waals surface area contributed by atoms with Crippen LogP contribution < -0.4 is 0 Å². The third kappa shape index (κ3) is 8.04. The van der Waals surface area contributed by atoms with Crippen LogP contribution >= 0.6 is 0 Å². The van der Waals surface area contributed by atoms with Crippen LogP contribution in [0.25, 0.3) is 0 Å². The Bertz CT molecular complexity index is 145. The second-order valence-electron chi connectivity index (χ2n) is 4.26. The lowest BCUT2D eigenvalue weighted by molar-refractivity contribution is 0.139. The Morgan fingerprint density at radius 3 is 2.46 bits per heavy atom. The van der Waals surface area contributed by atoms with Crippen LogP contribution in [-0.2, 0) is 0 Å². The summed E-state index contributed by atoms with van der Waals surface area (Å²) in [4.78, 5) is 0. The molecule has 1 N–H and O–H groups in total.